The van der Waals surface area contributed by atoms with Crippen molar-refractivity contribution in [1.82, 2.24) is 18.7 Å². The number of aliphatic hydroxyl groups is 1. The molecule has 33 heavy (non-hydrogen) atoms. The molecule has 168 valence electrons. The topological polar surface area (TPSA) is 95.6 Å². The summed E-state index contributed by atoms with van der Waals surface area (Å²) in [7, 11) is 1.49. The summed E-state index contributed by atoms with van der Waals surface area (Å²) < 4.78 is 23.1. The van der Waals surface area contributed by atoms with Gasteiger partial charge in [-0.25, -0.2) is 14.0 Å². The number of para-hydroxylation sites is 2. The maximum atomic E-state index is 13.4. The van der Waals surface area contributed by atoms with Gasteiger partial charge in [-0.1, -0.05) is 30.3 Å². The highest BCUT2D eigenvalue weighted by Gasteiger charge is 2.22. The SMILES string of the molecule is [C-]#[N+]c1ccccc1Oc1nc2c(c(=O)n(CCCO)c(=O)n2C)n1Cc1ccc(F)cc1. The Balaban J connectivity index is 1.96. The van der Waals surface area contributed by atoms with Crippen LogP contribution in [-0.2, 0) is 20.1 Å². The Bertz CT molecular complexity index is 1480. The van der Waals surface area contributed by atoms with E-state index in [1.54, 1.807) is 36.4 Å². The lowest BCUT2D eigenvalue weighted by atomic mass is 10.2. The van der Waals surface area contributed by atoms with Crippen molar-refractivity contribution in [3.05, 3.63) is 92.2 Å². The minimum Gasteiger partial charge on any atom is -0.437 e. The summed E-state index contributed by atoms with van der Waals surface area (Å²) in [4.78, 5) is 33.9. The molecule has 9 nitrogen and oxygen atoms in total. The standard InChI is InChI=1S/C23H20FN5O4/c1-25-17-6-3-4-7-18(17)33-22-26-20-19(29(22)14-15-8-10-16(24)11-9-15)21(31)28(12-5-13-30)23(32)27(20)2/h3-4,6-11,30H,5,12-14H2,2H3. The quantitative estimate of drug-likeness (QED) is 0.438. The van der Waals surface area contributed by atoms with Crippen LogP contribution in [0.25, 0.3) is 16.0 Å². The van der Waals surface area contributed by atoms with Crippen LogP contribution < -0.4 is 16.0 Å². The van der Waals surface area contributed by atoms with Crippen LogP contribution in [0.1, 0.15) is 12.0 Å². The van der Waals surface area contributed by atoms with Crippen LogP contribution >= 0.6 is 0 Å². The Labute approximate surface area is 187 Å². The summed E-state index contributed by atoms with van der Waals surface area (Å²) in [6.07, 6.45) is 0.231. The molecule has 4 rings (SSSR count). The number of aryl methyl sites for hydroxylation is 1. The molecular formula is C23H20FN5O4. The third-order valence-electron chi connectivity index (χ3n) is 5.18. The molecule has 2 aromatic heterocycles. The van der Waals surface area contributed by atoms with Crippen LogP contribution in [0.5, 0.6) is 11.8 Å². The largest absolute Gasteiger partial charge is 0.437 e. The van der Waals surface area contributed by atoms with Crippen molar-refractivity contribution in [2.24, 2.45) is 7.05 Å². The van der Waals surface area contributed by atoms with Crippen LogP contribution in [-0.4, -0.2) is 30.4 Å². The first-order chi connectivity index (χ1) is 15.9. The van der Waals surface area contributed by atoms with E-state index >= 15 is 0 Å². The lowest BCUT2D eigenvalue weighted by Crippen LogP contribution is -2.39. The van der Waals surface area contributed by atoms with Crippen LogP contribution in [0.2, 0.25) is 0 Å². The molecule has 0 amide bonds. The number of imidazole rings is 1. The maximum Gasteiger partial charge on any atom is 0.332 e. The smallest absolute Gasteiger partial charge is 0.332 e. The van der Waals surface area contributed by atoms with Crippen LogP contribution in [0.4, 0.5) is 10.1 Å². The number of aliphatic hydroxyl groups excluding tert-OH is 1. The Morgan fingerprint density at radius 3 is 2.55 bits per heavy atom. The molecule has 4 aromatic rings. The van der Waals surface area contributed by atoms with Gasteiger partial charge in [0.1, 0.15) is 11.6 Å². The van der Waals surface area contributed by atoms with Gasteiger partial charge in [0, 0.05) is 20.2 Å². The molecule has 0 spiro atoms. The van der Waals surface area contributed by atoms with Gasteiger partial charge in [-0.05, 0) is 30.2 Å². The van der Waals surface area contributed by atoms with Crippen LogP contribution in [0, 0.1) is 12.4 Å². The molecule has 0 bridgehead atoms. The van der Waals surface area contributed by atoms with Gasteiger partial charge in [-0.3, -0.25) is 18.5 Å². The van der Waals surface area contributed by atoms with Crippen LogP contribution in [0.15, 0.2) is 58.1 Å². The molecule has 0 unspecified atom stereocenters. The van der Waals surface area contributed by atoms with Crippen molar-refractivity contribution in [3.63, 3.8) is 0 Å². The van der Waals surface area contributed by atoms with E-state index in [9.17, 15) is 14.0 Å². The molecule has 0 saturated heterocycles. The Morgan fingerprint density at radius 2 is 1.85 bits per heavy atom. The average molecular weight is 449 g/mol. The summed E-state index contributed by atoms with van der Waals surface area (Å²) >= 11 is 0. The van der Waals surface area contributed by atoms with E-state index < -0.39 is 17.1 Å². The zero-order chi connectivity index (χ0) is 23.5. The molecule has 0 fully saturated rings. The molecule has 0 aliphatic carbocycles. The fraction of sp³-hybridized carbons (Fsp3) is 0.217. The van der Waals surface area contributed by atoms with E-state index in [0.29, 0.717) is 5.56 Å². The van der Waals surface area contributed by atoms with Crippen molar-refractivity contribution >= 4 is 16.9 Å². The predicted octanol–water partition coefficient (Wildman–Crippen LogP) is 2.81. The van der Waals surface area contributed by atoms with Gasteiger partial charge in [-0.2, -0.15) is 4.98 Å². The molecule has 0 saturated carbocycles. The second-order valence-electron chi connectivity index (χ2n) is 7.34. The molecule has 0 atom stereocenters. The summed E-state index contributed by atoms with van der Waals surface area (Å²) in [5.74, 6) is -0.153. The fourth-order valence-electron chi connectivity index (χ4n) is 3.51. The van der Waals surface area contributed by atoms with Crippen molar-refractivity contribution in [2.45, 2.75) is 19.5 Å². The average Bonchev–Trinajstić information content (AvgIpc) is 3.17. The zero-order valence-electron chi connectivity index (χ0n) is 17.7. The number of hydrogen-bond acceptors (Lipinski definition) is 5. The highest BCUT2D eigenvalue weighted by atomic mass is 19.1. The molecule has 0 radical (unpaired) electrons. The molecular weight excluding hydrogens is 429 g/mol. The van der Waals surface area contributed by atoms with Crippen LogP contribution in [0.3, 0.4) is 0 Å². The van der Waals surface area contributed by atoms with Crippen molar-refractivity contribution in [3.8, 4) is 11.8 Å². The molecule has 1 N–H and O–H groups in total. The van der Waals surface area contributed by atoms with Gasteiger partial charge >= 0.3 is 11.7 Å². The van der Waals surface area contributed by atoms with Gasteiger partial charge in [0.05, 0.1) is 13.1 Å². The van der Waals surface area contributed by atoms with Gasteiger partial charge in [0.2, 0.25) is 5.69 Å². The number of fused-ring (bicyclic) bond motifs is 1. The van der Waals surface area contributed by atoms with Gasteiger partial charge in [0.15, 0.2) is 11.2 Å². The molecule has 2 heterocycles. The fourth-order valence-corrected chi connectivity index (χ4v) is 3.51. The van der Waals surface area contributed by atoms with Gasteiger partial charge < -0.3 is 9.84 Å². The molecule has 10 heteroatoms. The number of nitrogens with zero attached hydrogens (tertiary/aromatic N) is 5. The summed E-state index contributed by atoms with van der Waals surface area (Å²) in [6.45, 7) is 7.34. The van der Waals surface area contributed by atoms with E-state index in [0.717, 1.165) is 4.57 Å². The third kappa shape index (κ3) is 4.14. The summed E-state index contributed by atoms with van der Waals surface area (Å²) in [6, 6.07) is 12.4. The van der Waals surface area contributed by atoms with E-state index in [-0.39, 0.29) is 54.7 Å². The summed E-state index contributed by atoms with van der Waals surface area (Å²) in [5, 5.41) is 9.16. The van der Waals surface area contributed by atoms with Crippen molar-refractivity contribution in [1.29, 1.82) is 0 Å². The first-order valence-corrected chi connectivity index (χ1v) is 10.1. The predicted molar refractivity (Wildman–Crippen MR) is 119 cm³/mol. The molecule has 0 aliphatic heterocycles. The second kappa shape index (κ2) is 9.10. The van der Waals surface area contributed by atoms with Crippen molar-refractivity contribution < 1.29 is 14.2 Å². The first-order valence-electron chi connectivity index (χ1n) is 10.1. The van der Waals surface area contributed by atoms with E-state index in [2.05, 4.69) is 9.83 Å². The minimum absolute atomic E-state index is 0.0115. The maximum absolute atomic E-state index is 13.4. The Morgan fingerprint density at radius 1 is 1.12 bits per heavy atom. The third-order valence-corrected chi connectivity index (χ3v) is 5.18. The molecule has 2 aromatic carbocycles. The summed E-state index contributed by atoms with van der Waals surface area (Å²) in [5.41, 5.74) is 0.0172. The zero-order valence-corrected chi connectivity index (χ0v) is 17.7. The number of aromatic nitrogens is 4. The monoisotopic (exact) mass is 449 g/mol. The van der Waals surface area contributed by atoms with E-state index in [1.807, 2.05) is 0 Å². The lowest BCUT2D eigenvalue weighted by molar-refractivity contribution is 0.277. The van der Waals surface area contributed by atoms with Gasteiger partial charge in [-0.15, -0.1) is 0 Å². The lowest BCUT2D eigenvalue weighted by Gasteiger charge is -2.12. The number of halogens is 1. The number of benzene rings is 2. The van der Waals surface area contributed by atoms with Crippen molar-refractivity contribution in [2.75, 3.05) is 6.61 Å². The number of hydrogen-bond donors (Lipinski definition) is 1. The normalized spacial score (nSPS) is 11.0. The first kappa shape index (κ1) is 22.0. The Kier molecular flexibility index (Phi) is 6.06. The second-order valence-corrected chi connectivity index (χ2v) is 7.34. The molecule has 0 aliphatic rings. The minimum atomic E-state index is -0.579. The van der Waals surface area contributed by atoms with E-state index in [1.165, 1.54) is 28.3 Å². The van der Waals surface area contributed by atoms with Gasteiger partial charge in [0.25, 0.3) is 5.56 Å². The highest BCUT2D eigenvalue weighted by Crippen LogP contribution is 2.32. The van der Waals surface area contributed by atoms with E-state index in [4.69, 9.17) is 16.4 Å². The number of rotatable bonds is 7. The Hall–Kier alpha value is -4.23. The number of ether oxygens (including phenoxy) is 1. The highest BCUT2D eigenvalue weighted by molar-refractivity contribution is 5.72.